The third kappa shape index (κ3) is 2.02. The van der Waals surface area contributed by atoms with E-state index in [0.29, 0.717) is 0 Å². The van der Waals surface area contributed by atoms with Gasteiger partial charge < -0.3 is 10.2 Å². The number of hydrogen-bond acceptors (Lipinski definition) is 2. The van der Waals surface area contributed by atoms with Gasteiger partial charge in [-0.3, -0.25) is 4.79 Å². The van der Waals surface area contributed by atoms with E-state index in [1.54, 1.807) is 13.8 Å². The zero-order valence-corrected chi connectivity index (χ0v) is 8.29. The molecule has 1 atom stereocenters. The zero-order chi connectivity index (χ0) is 10.1. The van der Waals surface area contributed by atoms with Gasteiger partial charge in [0.25, 0.3) is 0 Å². The molecule has 1 fully saturated rings. The number of carbonyl (C=O) groups is 1. The molecule has 1 unspecified atom stereocenters. The SMILES string of the molecule is CC(C)(C(=O)O)C(O)C1CCCC1. The summed E-state index contributed by atoms with van der Waals surface area (Å²) in [5.74, 6) is -0.724. The van der Waals surface area contributed by atoms with Gasteiger partial charge in [0.2, 0.25) is 0 Å². The molecule has 1 aliphatic carbocycles. The fraction of sp³-hybridized carbons (Fsp3) is 0.900. The summed E-state index contributed by atoms with van der Waals surface area (Å²) in [5.41, 5.74) is -1.00. The average molecular weight is 186 g/mol. The van der Waals surface area contributed by atoms with Crippen molar-refractivity contribution in [2.75, 3.05) is 0 Å². The topological polar surface area (TPSA) is 57.5 Å². The summed E-state index contributed by atoms with van der Waals surface area (Å²) < 4.78 is 0. The maximum atomic E-state index is 10.9. The molecule has 76 valence electrons. The van der Waals surface area contributed by atoms with E-state index in [1.807, 2.05) is 0 Å². The smallest absolute Gasteiger partial charge is 0.311 e. The first kappa shape index (κ1) is 10.5. The van der Waals surface area contributed by atoms with Gasteiger partial charge in [-0.2, -0.15) is 0 Å². The Hall–Kier alpha value is -0.570. The summed E-state index contributed by atoms with van der Waals surface area (Å²) in [5, 5.41) is 18.8. The summed E-state index contributed by atoms with van der Waals surface area (Å²) in [6.45, 7) is 3.19. The maximum Gasteiger partial charge on any atom is 0.311 e. The lowest BCUT2D eigenvalue weighted by Crippen LogP contribution is -2.41. The molecule has 2 N–H and O–H groups in total. The Morgan fingerprint density at radius 3 is 2.23 bits per heavy atom. The first-order valence-corrected chi connectivity index (χ1v) is 4.87. The molecule has 0 heterocycles. The van der Waals surface area contributed by atoms with Crippen LogP contribution < -0.4 is 0 Å². The first-order chi connectivity index (χ1) is 5.96. The normalized spacial score (nSPS) is 21.8. The monoisotopic (exact) mass is 186 g/mol. The molecule has 3 nitrogen and oxygen atoms in total. The molecule has 0 aliphatic heterocycles. The Morgan fingerprint density at radius 1 is 1.38 bits per heavy atom. The van der Waals surface area contributed by atoms with Crippen molar-refractivity contribution >= 4 is 5.97 Å². The predicted octanol–water partition coefficient (Wildman–Crippen LogP) is 1.65. The Labute approximate surface area is 78.8 Å². The van der Waals surface area contributed by atoms with Gasteiger partial charge in [-0.1, -0.05) is 12.8 Å². The van der Waals surface area contributed by atoms with Gasteiger partial charge in [-0.15, -0.1) is 0 Å². The van der Waals surface area contributed by atoms with Gasteiger partial charge in [0.05, 0.1) is 11.5 Å². The maximum absolute atomic E-state index is 10.9. The van der Waals surface area contributed by atoms with Gasteiger partial charge in [-0.05, 0) is 32.6 Å². The van der Waals surface area contributed by atoms with Crippen LogP contribution in [0, 0.1) is 11.3 Å². The number of aliphatic carboxylic acids is 1. The highest BCUT2D eigenvalue weighted by atomic mass is 16.4. The lowest BCUT2D eigenvalue weighted by Gasteiger charge is -2.30. The van der Waals surface area contributed by atoms with E-state index in [0.717, 1.165) is 25.7 Å². The molecule has 1 rings (SSSR count). The molecule has 0 bridgehead atoms. The number of aliphatic hydroxyl groups excluding tert-OH is 1. The highest BCUT2D eigenvalue weighted by Gasteiger charge is 2.40. The average Bonchev–Trinajstić information content (AvgIpc) is 2.54. The van der Waals surface area contributed by atoms with Crippen LogP contribution in [0.3, 0.4) is 0 Å². The van der Waals surface area contributed by atoms with Crippen molar-refractivity contribution in [3.05, 3.63) is 0 Å². The van der Waals surface area contributed by atoms with Crippen molar-refractivity contribution in [3.8, 4) is 0 Å². The van der Waals surface area contributed by atoms with E-state index in [1.165, 1.54) is 0 Å². The molecular formula is C10H18O3. The molecule has 1 aliphatic rings. The summed E-state index contributed by atoms with van der Waals surface area (Å²) in [4.78, 5) is 10.9. The molecule has 13 heavy (non-hydrogen) atoms. The molecule has 0 amide bonds. The van der Waals surface area contributed by atoms with Crippen LogP contribution in [0.5, 0.6) is 0 Å². The van der Waals surface area contributed by atoms with Crippen LogP contribution in [0.4, 0.5) is 0 Å². The molecule has 1 saturated carbocycles. The summed E-state index contributed by atoms with van der Waals surface area (Å²) in [6, 6.07) is 0. The van der Waals surface area contributed by atoms with Crippen LogP contribution in [0.2, 0.25) is 0 Å². The third-order valence-electron chi connectivity index (χ3n) is 3.14. The van der Waals surface area contributed by atoms with Crippen LogP contribution in [0.1, 0.15) is 39.5 Å². The fourth-order valence-electron chi connectivity index (χ4n) is 1.99. The van der Waals surface area contributed by atoms with Gasteiger partial charge in [0.1, 0.15) is 0 Å². The van der Waals surface area contributed by atoms with Crippen molar-refractivity contribution in [3.63, 3.8) is 0 Å². The highest BCUT2D eigenvalue weighted by molar-refractivity contribution is 5.74. The molecule has 0 saturated heterocycles. The number of carboxylic acids is 1. The van der Waals surface area contributed by atoms with E-state index in [-0.39, 0.29) is 5.92 Å². The Kier molecular flexibility index (Phi) is 2.96. The van der Waals surface area contributed by atoms with E-state index in [4.69, 9.17) is 5.11 Å². The molecule has 0 aromatic heterocycles. The largest absolute Gasteiger partial charge is 0.481 e. The van der Waals surface area contributed by atoms with Crippen molar-refractivity contribution in [1.29, 1.82) is 0 Å². The lowest BCUT2D eigenvalue weighted by molar-refractivity contribution is -0.155. The van der Waals surface area contributed by atoms with Crippen molar-refractivity contribution < 1.29 is 15.0 Å². The molecule has 3 heteroatoms. The quantitative estimate of drug-likeness (QED) is 0.704. The zero-order valence-electron chi connectivity index (χ0n) is 8.29. The van der Waals surface area contributed by atoms with Gasteiger partial charge in [-0.25, -0.2) is 0 Å². The third-order valence-corrected chi connectivity index (χ3v) is 3.14. The number of hydrogen-bond donors (Lipinski definition) is 2. The Bertz CT molecular complexity index is 192. The highest BCUT2D eigenvalue weighted by Crippen LogP contribution is 2.36. The minimum Gasteiger partial charge on any atom is -0.481 e. The van der Waals surface area contributed by atoms with E-state index in [9.17, 15) is 9.90 Å². The molecule has 0 radical (unpaired) electrons. The van der Waals surface area contributed by atoms with E-state index < -0.39 is 17.5 Å². The second-order valence-electron chi connectivity index (χ2n) is 4.52. The van der Waals surface area contributed by atoms with Gasteiger partial charge in [0, 0.05) is 0 Å². The molecule has 0 spiro atoms. The summed E-state index contributed by atoms with van der Waals surface area (Å²) in [6.07, 6.45) is 3.48. The van der Waals surface area contributed by atoms with E-state index >= 15 is 0 Å². The Balaban J connectivity index is 2.64. The minimum absolute atomic E-state index is 0.186. The second-order valence-corrected chi connectivity index (χ2v) is 4.52. The van der Waals surface area contributed by atoms with Crippen LogP contribution in [-0.4, -0.2) is 22.3 Å². The molecule has 0 aromatic carbocycles. The van der Waals surface area contributed by atoms with Crippen LogP contribution in [0.25, 0.3) is 0 Å². The lowest BCUT2D eigenvalue weighted by atomic mass is 9.79. The second kappa shape index (κ2) is 3.66. The standard InChI is InChI=1S/C10H18O3/c1-10(2,9(12)13)8(11)7-5-3-4-6-7/h7-8,11H,3-6H2,1-2H3,(H,12,13). The van der Waals surface area contributed by atoms with E-state index in [2.05, 4.69) is 0 Å². The number of carboxylic acid groups (broad SMARTS) is 1. The Morgan fingerprint density at radius 2 is 1.85 bits per heavy atom. The molecule has 0 aromatic rings. The van der Waals surface area contributed by atoms with Crippen molar-refractivity contribution in [2.24, 2.45) is 11.3 Å². The number of rotatable bonds is 3. The summed E-state index contributed by atoms with van der Waals surface area (Å²) in [7, 11) is 0. The minimum atomic E-state index is -1.00. The van der Waals surface area contributed by atoms with Crippen LogP contribution >= 0.6 is 0 Å². The first-order valence-electron chi connectivity index (χ1n) is 4.87. The van der Waals surface area contributed by atoms with Crippen molar-refractivity contribution in [1.82, 2.24) is 0 Å². The van der Waals surface area contributed by atoms with Crippen LogP contribution in [0.15, 0.2) is 0 Å². The predicted molar refractivity (Wildman–Crippen MR) is 49.4 cm³/mol. The fourth-order valence-corrected chi connectivity index (χ4v) is 1.99. The van der Waals surface area contributed by atoms with Gasteiger partial charge in [0.15, 0.2) is 0 Å². The van der Waals surface area contributed by atoms with Crippen molar-refractivity contribution in [2.45, 2.75) is 45.6 Å². The van der Waals surface area contributed by atoms with Gasteiger partial charge >= 0.3 is 5.97 Å². The molecular weight excluding hydrogens is 168 g/mol. The summed E-state index contributed by atoms with van der Waals surface area (Å²) >= 11 is 0. The number of aliphatic hydroxyl groups is 1. The van der Waals surface area contributed by atoms with Crippen LogP contribution in [-0.2, 0) is 4.79 Å².